The average Bonchev–Trinajstić information content (AvgIpc) is 2.38. The number of carbonyl (C=O) groups is 1. The van der Waals surface area contributed by atoms with Crippen LogP contribution in [0.4, 0.5) is 0 Å². The van der Waals surface area contributed by atoms with Crippen molar-refractivity contribution in [1.82, 2.24) is 5.32 Å². The molecule has 0 spiro atoms. The largest absolute Gasteiger partial charge is 0.479 e. The predicted octanol–water partition coefficient (Wildman–Crippen LogP) is 3.56. The minimum atomic E-state index is -0.698. The van der Waals surface area contributed by atoms with E-state index in [9.17, 15) is 4.79 Å². The molecule has 0 aliphatic heterocycles. The lowest BCUT2D eigenvalue weighted by molar-refractivity contribution is -0.128. The van der Waals surface area contributed by atoms with Gasteiger partial charge in [0.2, 0.25) is 0 Å². The number of nitrogens with one attached hydrogen (secondary N) is 1. The summed E-state index contributed by atoms with van der Waals surface area (Å²) in [5.41, 5.74) is 0. The molecule has 0 radical (unpaired) electrons. The minimum absolute atomic E-state index is 0.155. The van der Waals surface area contributed by atoms with Crippen LogP contribution in [0.25, 0.3) is 0 Å². The van der Waals surface area contributed by atoms with Crippen LogP contribution in [0, 0.1) is 5.92 Å². The van der Waals surface area contributed by atoms with Crippen LogP contribution in [-0.4, -0.2) is 24.9 Å². The van der Waals surface area contributed by atoms with Crippen LogP contribution in [0.15, 0.2) is 23.2 Å². The van der Waals surface area contributed by atoms with Crippen molar-refractivity contribution in [3.8, 4) is 5.75 Å². The standard InChI is InChI=1S/C14H18Cl2N2O2/c1-8(2)13(17-4)18-14(19)9(3)20-12-6-5-10(15)7-11(12)16/h5-9,13H,4H2,1-3H3,(H,18,19). The Balaban J connectivity index is 2.68. The molecular formula is C14H18Cl2N2O2. The molecule has 2 unspecified atom stereocenters. The van der Waals surface area contributed by atoms with Gasteiger partial charge in [-0.25, -0.2) is 0 Å². The second kappa shape index (κ2) is 7.50. The first-order valence-corrected chi connectivity index (χ1v) is 6.98. The number of amides is 1. The minimum Gasteiger partial charge on any atom is -0.479 e. The summed E-state index contributed by atoms with van der Waals surface area (Å²) in [4.78, 5) is 15.9. The first-order chi connectivity index (χ1) is 9.35. The Hall–Kier alpha value is -1.26. The molecule has 110 valence electrons. The summed E-state index contributed by atoms with van der Waals surface area (Å²) in [6, 6.07) is 4.83. The lowest BCUT2D eigenvalue weighted by Gasteiger charge is -2.21. The van der Waals surface area contributed by atoms with Crippen molar-refractivity contribution in [2.45, 2.75) is 33.0 Å². The highest BCUT2D eigenvalue weighted by molar-refractivity contribution is 6.35. The van der Waals surface area contributed by atoms with E-state index in [4.69, 9.17) is 27.9 Å². The van der Waals surface area contributed by atoms with E-state index in [0.717, 1.165) is 0 Å². The molecule has 0 saturated heterocycles. The van der Waals surface area contributed by atoms with Crippen LogP contribution in [0.2, 0.25) is 10.0 Å². The summed E-state index contributed by atoms with van der Waals surface area (Å²) in [6.07, 6.45) is -1.04. The fraction of sp³-hybridized carbons (Fsp3) is 0.429. The number of aliphatic imine (C=N–C) groups is 1. The summed E-state index contributed by atoms with van der Waals surface area (Å²) in [6.45, 7) is 8.99. The van der Waals surface area contributed by atoms with Gasteiger partial charge in [-0.2, -0.15) is 0 Å². The quantitative estimate of drug-likeness (QED) is 0.816. The molecule has 6 heteroatoms. The number of ether oxygens (including phenoxy) is 1. The van der Waals surface area contributed by atoms with Gasteiger partial charge in [-0.05, 0) is 37.8 Å². The van der Waals surface area contributed by atoms with Gasteiger partial charge in [0.1, 0.15) is 11.9 Å². The Morgan fingerprint density at radius 2 is 2.00 bits per heavy atom. The van der Waals surface area contributed by atoms with Gasteiger partial charge in [-0.1, -0.05) is 37.0 Å². The lowest BCUT2D eigenvalue weighted by Crippen LogP contribution is -2.43. The molecule has 0 saturated carbocycles. The first kappa shape index (κ1) is 16.8. The molecule has 1 N–H and O–H groups in total. The van der Waals surface area contributed by atoms with Crippen LogP contribution < -0.4 is 10.1 Å². The zero-order valence-corrected chi connectivity index (χ0v) is 13.2. The van der Waals surface area contributed by atoms with E-state index < -0.39 is 6.10 Å². The van der Waals surface area contributed by atoms with Gasteiger partial charge in [-0.15, -0.1) is 0 Å². The molecular weight excluding hydrogens is 299 g/mol. The second-order valence-corrected chi connectivity index (χ2v) is 5.56. The first-order valence-electron chi connectivity index (χ1n) is 6.23. The molecule has 0 heterocycles. The number of halogens is 2. The zero-order chi connectivity index (χ0) is 15.3. The summed E-state index contributed by atoms with van der Waals surface area (Å²) in [5.74, 6) is 0.288. The smallest absolute Gasteiger partial charge is 0.262 e. The highest BCUT2D eigenvalue weighted by Crippen LogP contribution is 2.28. The molecule has 2 atom stereocenters. The monoisotopic (exact) mass is 316 g/mol. The van der Waals surface area contributed by atoms with Crippen LogP contribution in [0.5, 0.6) is 5.75 Å². The van der Waals surface area contributed by atoms with Crippen LogP contribution in [0.3, 0.4) is 0 Å². The van der Waals surface area contributed by atoms with E-state index in [1.165, 1.54) is 0 Å². The number of carbonyl (C=O) groups excluding carboxylic acids is 1. The number of hydrogen-bond donors (Lipinski definition) is 1. The van der Waals surface area contributed by atoms with Crippen LogP contribution >= 0.6 is 23.2 Å². The Labute approximate surface area is 129 Å². The van der Waals surface area contributed by atoms with Crippen LogP contribution in [-0.2, 0) is 4.79 Å². The zero-order valence-electron chi connectivity index (χ0n) is 11.7. The molecule has 0 aliphatic rings. The van der Waals surface area contributed by atoms with Crippen LogP contribution in [0.1, 0.15) is 20.8 Å². The molecule has 0 bridgehead atoms. The Morgan fingerprint density at radius 1 is 1.35 bits per heavy atom. The topological polar surface area (TPSA) is 50.7 Å². The van der Waals surface area contributed by atoms with Gasteiger partial charge in [0.25, 0.3) is 5.91 Å². The summed E-state index contributed by atoms with van der Waals surface area (Å²) >= 11 is 11.8. The van der Waals surface area contributed by atoms with Gasteiger partial charge in [0.15, 0.2) is 6.10 Å². The predicted molar refractivity (Wildman–Crippen MR) is 82.9 cm³/mol. The summed E-state index contributed by atoms with van der Waals surface area (Å²) in [7, 11) is 0. The van der Waals surface area contributed by atoms with Gasteiger partial charge in [-0.3, -0.25) is 9.79 Å². The van der Waals surface area contributed by atoms with Gasteiger partial charge < -0.3 is 10.1 Å². The highest BCUT2D eigenvalue weighted by atomic mass is 35.5. The fourth-order valence-electron chi connectivity index (χ4n) is 1.50. The van der Waals surface area contributed by atoms with E-state index >= 15 is 0 Å². The average molecular weight is 317 g/mol. The van der Waals surface area contributed by atoms with E-state index in [2.05, 4.69) is 17.0 Å². The van der Waals surface area contributed by atoms with E-state index in [1.54, 1.807) is 25.1 Å². The van der Waals surface area contributed by atoms with Gasteiger partial charge >= 0.3 is 0 Å². The summed E-state index contributed by atoms with van der Waals surface area (Å²) < 4.78 is 5.52. The molecule has 4 nitrogen and oxygen atoms in total. The molecule has 20 heavy (non-hydrogen) atoms. The third-order valence-corrected chi connectivity index (χ3v) is 3.22. The molecule has 1 aromatic rings. The van der Waals surface area contributed by atoms with E-state index in [-0.39, 0.29) is 18.0 Å². The fourth-order valence-corrected chi connectivity index (χ4v) is 1.95. The number of benzene rings is 1. The second-order valence-electron chi connectivity index (χ2n) is 4.71. The van der Waals surface area contributed by atoms with Crippen molar-refractivity contribution in [1.29, 1.82) is 0 Å². The molecule has 1 rings (SSSR count). The maximum absolute atomic E-state index is 12.0. The van der Waals surface area contributed by atoms with Crippen molar-refractivity contribution < 1.29 is 9.53 Å². The van der Waals surface area contributed by atoms with Gasteiger partial charge in [0, 0.05) is 5.02 Å². The Kier molecular flexibility index (Phi) is 6.30. The molecule has 0 aromatic heterocycles. The van der Waals surface area contributed by atoms with Crippen molar-refractivity contribution in [2.75, 3.05) is 0 Å². The van der Waals surface area contributed by atoms with Gasteiger partial charge in [0.05, 0.1) is 5.02 Å². The molecule has 0 aliphatic carbocycles. The Bertz CT molecular complexity index is 492. The number of nitrogens with zero attached hydrogens (tertiary/aromatic N) is 1. The van der Waals surface area contributed by atoms with Crippen molar-refractivity contribution in [2.24, 2.45) is 10.9 Å². The number of hydrogen-bond acceptors (Lipinski definition) is 3. The van der Waals surface area contributed by atoms with Crippen molar-refractivity contribution >= 4 is 35.8 Å². The maximum atomic E-state index is 12.0. The Morgan fingerprint density at radius 3 is 2.50 bits per heavy atom. The third-order valence-electron chi connectivity index (χ3n) is 2.69. The maximum Gasteiger partial charge on any atom is 0.262 e. The molecule has 1 aromatic carbocycles. The van der Waals surface area contributed by atoms with Crippen molar-refractivity contribution in [3.63, 3.8) is 0 Å². The highest BCUT2D eigenvalue weighted by Gasteiger charge is 2.20. The third kappa shape index (κ3) is 4.69. The number of rotatable bonds is 6. The van der Waals surface area contributed by atoms with Crippen molar-refractivity contribution in [3.05, 3.63) is 28.2 Å². The van der Waals surface area contributed by atoms with E-state index in [0.29, 0.717) is 15.8 Å². The molecule has 1 amide bonds. The normalized spacial score (nSPS) is 13.7. The molecule has 0 fully saturated rings. The lowest BCUT2D eigenvalue weighted by atomic mass is 10.1. The SMILES string of the molecule is C=NC(NC(=O)C(C)Oc1ccc(Cl)cc1Cl)C(C)C. The van der Waals surface area contributed by atoms with E-state index in [1.807, 2.05) is 13.8 Å². The summed E-state index contributed by atoms with van der Waals surface area (Å²) in [5, 5.41) is 3.62.